The molecule has 106 valence electrons. The van der Waals surface area contributed by atoms with Crippen LogP contribution in [0.4, 0.5) is 0 Å². The van der Waals surface area contributed by atoms with Crippen molar-refractivity contribution in [3.05, 3.63) is 0 Å². The van der Waals surface area contributed by atoms with Crippen molar-refractivity contribution in [2.75, 3.05) is 66.0 Å². The van der Waals surface area contributed by atoms with E-state index in [1.54, 1.807) is 0 Å². The molecule has 0 radical (unpaired) electrons. The van der Waals surface area contributed by atoms with E-state index >= 15 is 0 Å². The van der Waals surface area contributed by atoms with Gasteiger partial charge in [-0.1, -0.05) is 6.92 Å². The molecule has 4 nitrogen and oxygen atoms in total. The van der Waals surface area contributed by atoms with Crippen molar-refractivity contribution < 1.29 is 0 Å². The Labute approximate surface area is 112 Å². The van der Waals surface area contributed by atoms with E-state index < -0.39 is 0 Å². The number of likely N-dealkylation sites (tertiary alicyclic amines) is 1. The maximum atomic E-state index is 6.03. The van der Waals surface area contributed by atoms with Crippen LogP contribution in [-0.2, 0) is 0 Å². The van der Waals surface area contributed by atoms with E-state index in [4.69, 9.17) is 5.73 Å². The molecule has 0 aromatic carbocycles. The largest absolute Gasteiger partial charge is 0.330 e. The van der Waals surface area contributed by atoms with E-state index in [2.05, 4.69) is 28.7 Å². The van der Waals surface area contributed by atoms with Crippen LogP contribution in [0.3, 0.4) is 0 Å². The Balaban J connectivity index is 1.78. The van der Waals surface area contributed by atoms with E-state index in [1.165, 1.54) is 58.8 Å². The molecule has 0 bridgehead atoms. The van der Waals surface area contributed by atoms with Crippen molar-refractivity contribution in [3.8, 4) is 0 Å². The van der Waals surface area contributed by atoms with Crippen LogP contribution < -0.4 is 5.73 Å². The number of nitrogens with zero attached hydrogens (tertiary/aromatic N) is 3. The Hall–Kier alpha value is -0.160. The van der Waals surface area contributed by atoms with E-state index in [9.17, 15) is 0 Å². The number of hydrogen-bond donors (Lipinski definition) is 1. The summed E-state index contributed by atoms with van der Waals surface area (Å²) >= 11 is 0. The number of hydrogen-bond acceptors (Lipinski definition) is 4. The maximum absolute atomic E-state index is 6.03. The highest BCUT2D eigenvalue weighted by atomic mass is 15.2. The summed E-state index contributed by atoms with van der Waals surface area (Å²) in [5.41, 5.74) is 6.03. The van der Waals surface area contributed by atoms with Gasteiger partial charge in [0.05, 0.1) is 0 Å². The summed E-state index contributed by atoms with van der Waals surface area (Å²) in [5.74, 6) is 1.53. The first kappa shape index (κ1) is 14.3. The number of nitrogens with two attached hydrogens (primary N) is 1. The average molecular weight is 254 g/mol. The molecule has 0 saturated carbocycles. The summed E-state index contributed by atoms with van der Waals surface area (Å²) < 4.78 is 0. The van der Waals surface area contributed by atoms with Gasteiger partial charge in [-0.25, -0.2) is 0 Å². The summed E-state index contributed by atoms with van der Waals surface area (Å²) in [6.45, 7) is 12.9. The fraction of sp³-hybridized carbons (Fsp3) is 1.00. The lowest BCUT2D eigenvalue weighted by molar-refractivity contribution is 0.122. The zero-order valence-electron chi connectivity index (χ0n) is 12.1. The second-order valence-corrected chi connectivity index (χ2v) is 6.04. The molecular weight excluding hydrogens is 224 g/mol. The zero-order chi connectivity index (χ0) is 13.0. The number of likely N-dealkylation sites (N-methyl/N-ethyl adjacent to an activating group) is 1. The molecule has 2 atom stereocenters. The van der Waals surface area contributed by atoms with Crippen LogP contribution in [0.5, 0.6) is 0 Å². The van der Waals surface area contributed by atoms with Crippen LogP contribution in [0.2, 0.25) is 0 Å². The van der Waals surface area contributed by atoms with E-state index in [1.807, 2.05) is 0 Å². The quantitative estimate of drug-likeness (QED) is 0.758. The van der Waals surface area contributed by atoms with Crippen molar-refractivity contribution in [2.45, 2.75) is 13.3 Å². The number of rotatable bonds is 5. The fourth-order valence-corrected chi connectivity index (χ4v) is 3.31. The highest BCUT2D eigenvalue weighted by Gasteiger charge is 2.29. The minimum absolute atomic E-state index is 0.699. The monoisotopic (exact) mass is 254 g/mol. The van der Waals surface area contributed by atoms with Gasteiger partial charge in [0.15, 0.2) is 0 Å². The highest BCUT2D eigenvalue weighted by molar-refractivity contribution is 4.84. The molecule has 2 heterocycles. The van der Waals surface area contributed by atoms with Crippen LogP contribution in [0.15, 0.2) is 0 Å². The van der Waals surface area contributed by atoms with Gasteiger partial charge in [0.2, 0.25) is 0 Å². The average Bonchev–Trinajstić information content (AvgIpc) is 2.87. The molecule has 2 saturated heterocycles. The molecule has 18 heavy (non-hydrogen) atoms. The Bertz CT molecular complexity index is 238. The first-order valence-corrected chi connectivity index (χ1v) is 7.56. The van der Waals surface area contributed by atoms with E-state index in [0.717, 1.165) is 12.5 Å². The second-order valence-electron chi connectivity index (χ2n) is 6.04. The zero-order valence-corrected chi connectivity index (χ0v) is 12.1. The number of piperazine rings is 1. The normalized spacial score (nSPS) is 29.8. The molecule has 0 amide bonds. The van der Waals surface area contributed by atoms with Gasteiger partial charge < -0.3 is 20.4 Å². The molecule has 2 aliphatic heterocycles. The van der Waals surface area contributed by atoms with Crippen molar-refractivity contribution in [3.63, 3.8) is 0 Å². The van der Waals surface area contributed by atoms with Gasteiger partial charge >= 0.3 is 0 Å². The highest BCUT2D eigenvalue weighted by Crippen LogP contribution is 2.24. The predicted molar refractivity (Wildman–Crippen MR) is 76.7 cm³/mol. The molecule has 0 aromatic heterocycles. The first-order valence-electron chi connectivity index (χ1n) is 7.56. The lowest BCUT2D eigenvalue weighted by atomic mass is 9.91. The summed E-state index contributed by atoms with van der Waals surface area (Å²) in [7, 11) is 2.22. The Kier molecular flexibility index (Phi) is 5.42. The van der Waals surface area contributed by atoms with Gasteiger partial charge in [-0.15, -0.1) is 0 Å². The van der Waals surface area contributed by atoms with Gasteiger partial charge in [0.1, 0.15) is 0 Å². The van der Waals surface area contributed by atoms with Crippen molar-refractivity contribution in [1.29, 1.82) is 0 Å². The Morgan fingerprint density at radius 2 is 1.83 bits per heavy atom. The smallest absolute Gasteiger partial charge is 0.0110 e. The van der Waals surface area contributed by atoms with E-state index in [0.29, 0.717) is 5.92 Å². The third-order valence-corrected chi connectivity index (χ3v) is 4.81. The summed E-state index contributed by atoms with van der Waals surface area (Å²) in [4.78, 5) is 7.60. The summed E-state index contributed by atoms with van der Waals surface area (Å²) in [5, 5.41) is 0. The molecule has 0 aromatic rings. The van der Waals surface area contributed by atoms with Gasteiger partial charge in [0, 0.05) is 39.3 Å². The molecular formula is C14H30N4. The van der Waals surface area contributed by atoms with Gasteiger partial charge in [-0.3, -0.25) is 0 Å². The summed E-state index contributed by atoms with van der Waals surface area (Å²) in [6, 6.07) is 0. The van der Waals surface area contributed by atoms with Crippen LogP contribution in [0, 0.1) is 11.8 Å². The van der Waals surface area contributed by atoms with Gasteiger partial charge in [-0.05, 0) is 44.9 Å². The molecule has 2 aliphatic rings. The standard InChI is InChI=1S/C14H30N4/c1-3-17-5-4-13(11-17)14(10-15)12-18-8-6-16(2)7-9-18/h13-14H,3-12,15H2,1-2H3. The lowest BCUT2D eigenvalue weighted by Gasteiger charge is -2.36. The first-order chi connectivity index (χ1) is 8.72. The molecule has 2 N–H and O–H groups in total. The van der Waals surface area contributed by atoms with Crippen molar-refractivity contribution in [1.82, 2.24) is 14.7 Å². The van der Waals surface area contributed by atoms with Crippen LogP contribution in [-0.4, -0.2) is 80.7 Å². The summed E-state index contributed by atoms with van der Waals surface area (Å²) in [6.07, 6.45) is 1.35. The predicted octanol–water partition coefficient (Wildman–Crippen LogP) is 0.151. The van der Waals surface area contributed by atoms with Crippen molar-refractivity contribution >= 4 is 0 Å². The SMILES string of the molecule is CCN1CCC(C(CN)CN2CCN(C)CC2)C1. The Morgan fingerprint density at radius 3 is 2.39 bits per heavy atom. The van der Waals surface area contributed by atoms with Crippen LogP contribution in [0.25, 0.3) is 0 Å². The third kappa shape index (κ3) is 3.67. The molecule has 2 fully saturated rings. The minimum atomic E-state index is 0.699. The molecule has 2 rings (SSSR count). The van der Waals surface area contributed by atoms with E-state index in [-0.39, 0.29) is 0 Å². The topological polar surface area (TPSA) is 35.7 Å². The van der Waals surface area contributed by atoms with Crippen LogP contribution >= 0.6 is 0 Å². The molecule has 2 unspecified atom stereocenters. The van der Waals surface area contributed by atoms with Crippen LogP contribution in [0.1, 0.15) is 13.3 Å². The third-order valence-electron chi connectivity index (χ3n) is 4.81. The molecule has 4 heteroatoms. The van der Waals surface area contributed by atoms with Crippen molar-refractivity contribution in [2.24, 2.45) is 17.6 Å². The minimum Gasteiger partial charge on any atom is -0.330 e. The second kappa shape index (κ2) is 6.85. The molecule has 0 spiro atoms. The molecule has 0 aliphatic carbocycles. The maximum Gasteiger partial charge on any atom is 0.0110 e. The van der Waals surface area contributed by atoms with Gasteiger partial charge in [0.25, 0.3) is 0 Å². The van der Waals surface area contributed by atoms with Gasteiger partial charge in [-0.2, -0.15) is 0 Å². The lowest BCUT2D eigenvalue weighted by Crippen LogP contribution is -2.48. The fourth-order valence-electron chi connectivity index (χ4n) is 3.31. The Morgan fingerprint density at radius 1 is 1.11 bits per heavy atom.